The summed E-state index contributed by atoms with van der Waals surface area (Å²) >= 11 is 0. The molecule has 0 saturated carbocycles. The molecule has 2 heterocycles. The van der Waals surface area contributed by atoms with Crippen molar-refractivity contribution in [1.82, 2.24) is 10.3 Å². The van der Waals surface area contributed by atoms with Gasteiger partial charge in [-0.25, -0.2) is 0 Å². The molecule has 2 rings (SSSR count). The lowest BCUT2D eigenvalue weighted by atomic mass is 10.2. The average Bonchev–Trinajstić information content (AvgIpc) is 2.58. The van der Waals surface area contributed by atoms with Gasteiger partial charge in [0.15, 0.2) is 0 Å². The number of nitrogens with zero attached hydrogens (tertiary/aromatic N) is 1. The van der Waals surface area contributed by atoms with E-state index in [-0.39, 0.29) is 0 Å². The summed E-state index contributed by atoms with van der Waals surface area (Å²) in [5.41, 5.74) is 1.07. The Bertz CT molecular complexity index is 254. The molecule has 55 valence electrons. The summed E-state index contributed by atoms with van der Waals surface area (Å²) in [5.74, 6) is 0. The third kappa shape index (κ3) is 1.30. The monoisotopic (exact) mass is 145 g/mol. The van der Waals surface area contributed by atoms with Gasteiger partial charge in [-0.15, -0.1) is 0 Å². The van der Waals surface area contributed by atoms with Crippen LogP contribution in [0.4, 0.5) is 0 Å². The topological polar surface area (TPSA) is 24.9 Å². The molecule has 1 atom stereocenters. The van der Waals surface area contributed by atoms with Crippen LogP contribution in [-0.4, -0.2) is 11.5 Å². The van der Waals surface area contributed by atoms with Crippen molar-refractivity contribution in [2.75, 3.05) is 6.54 Å². The summed E-state index contributed by atoms with van der Waals surface area (Å²) in [6.45, 7) is 0.949. The van der Waals surface area contributed by atoms with Crippen LogP contribution in [-0.2, 0) is 0 Å². The maximum absolute atomic E-state index is 4.19. The molecule has 1 aromatic rings. The quantitative estimate of drug-likeness (QED) is 0.598. The zero-order chi connectivity index (χ0) is 7.52. The third-order valence-electron chi connectivity index (χ3n) is 1.74. The van der Waals surface area contributed by atoms with Crippen molar-refractivity contribution in [1.29, 1.82) is 0 Å². The first kappa shape index (κ1) is 6.55. The predicted molar refractivity (Wildman–Crippen MR) is 43.0 cm³/mol. The van der Waals surface area contributed by atoms with Crippen molar-refractivity contribution in [3.8, 4) is 0 Å². The highest BCUT2D eigenvalue weighted by atomic mass is 14.9. The van der Waals surface area contributed by atoms with E-state index in [0.29, 0.717) is 6.04 Å². The number of nitrogens with one attached hydrogen (secondary N) is 1. The van der Waals surface area contributed by atoms with Crippen LogP contribution in [0.1, 0.15) is 11.7 Å². The second-order valence-electron chi connectivity index (χ2n) is 2.50. The van der Waals surface area contributed by atoms with Gasteiger partial charge in [0.1, 0.15) is 0 Å². The number of pyridine rings is 1. The smallest absolute Gasteiger partial charge is 0.0684 e. The molecular formula is C9H9N2. The van der Waals surface area contributed by atoms with Gasteiger partial charge >= 0.3 is 0 Å². The maximum Gasteiger partial charge on any atom is 0.0684 e. The molecule has 1 unspecified atom stereocenters. The molecule has 0 spiro atoms. The lowest BCUT2D eigenvalue weighted by Crippen LogP contribution is -2.14. The summed E-state index contributed by atoms with van der Waals surface area (Å²) in [6.07, 6.45) is 5.94. The maximum atomic E-state index is 4.19. The lowest BCUT2D eigenvalue weighted by molar-refractivity contribution is 0.692. The molecule has 0 saturated heterocycles. The summed E-state index contributed by atoms with van der Waals surface area (Å²) in [5, 5.41) is 3.29. The molecular weight excluding hydrogens is 136 g/mol. The van der Waals surface area contributed by atoms with Gasteiger partial charge < -0.3 is 5.32 Å². The second-order valence-corrected chi connectivity index (χ2v) is 2.50. The van der Waals surface area contributed by atoms with E-state index in [2.05, 4.69) is 28.5 Å². The Morgan fingerprint density at radius 2 is 2.64 bits per heavy atom. The molecule has 0 amide bonds. The molecule has 1 N–H and O–H groups in total. The summed E-state index contributed by atoms with van der Waals surface area (Å²) in [7, 11) is 0. The standard InChI is InChI=1S/C9H9N2/c1-2-6-10-8(4-1)9-5-3-7-11-9/h1,3-6,9,11H,7H2. The predicted octanol–water partition coefficient (Wildman–Crippen LogP) is 1.08. The minimum atomic E-state index is 0.310. The Hall–Kier alpha value is -1.15. The van der Waals surface area contributed by atoms with Crippen LogP contribution in [0.5, 0.6) is 0 Å². The number of hydrogen-bond donors (Lipinski definition) is 1. The van der Waals surface area contributed by atoms with E-state index in [1.807, 2.05) is 12.1 Å². The molecule has 0 bridgehead atoms. The fourth-order valence-electron chi connectivity index (χ4n) is 1.19. The number of rotatable bonds is 1. The zero-order valence-corrected chi connectivity index (χ0v) is 6.12. The molecule has 1 radical (unpaired) electrons. The lowest BCUT2D eigenvalue weighted by Gasteiger charge is -2.06. The second kappa shape index (κ2) is 2.84. The van der Waals surface area contributed by atoms with Gasteiger partial charge in [-0.05, 0) is 6.07 Å². The van der Waals surface area contributed by atoms with Crippen molar-refractivity contribution >= 4 is 0 Å². The van der Waals surface area contributed by atoms with Crippen LogP contribution in [0, 0.1) is 6.07 Å². The highest BCUT2D eigenvalue weighted by molar-refractivity contribution is 5.17. The van der Waals surface area contributed by atoms with Crippen molar-refractivity contribution in [3.05, 3.63) is 42.2 Å². The zero-order valence-electron chi connectivity index (χ0n) is 6.12. The van der Waals surface area contributed by atoms with E-state index < -0.39 is 0 Å². The minimum absolute atomic E-state index is 0.310. The SMILES string of the molecule is [c]1ccc(C2C=CCN2)nc1. The first-order chi connectivity index (χ1) is 5.47. The molecule has 1 aromatic heterocycles. The highest BCUT2D eigenvalue weighted by Gasteiger charge is 2.10. The molecule has 1 aliphatic heterocycles. The van der Waals surface area contributed by atoms with Crippen LogP contribution in [0.25, 0.3) is 0 Å². The van der Waals surface area contributed by atoms with E-state index in [9.17, 15) is 0 Å². The normalized spacial score (nSPS) is 22.4. The first-order valence-electron chi connectivity index (χ1n) is 3.69. The fraction of sp³-hybridized carbons (Fsp3) is 0.222. The van der Waals surface area contributed by atoms with Crippen molar-refractivity contribution in [3.63, 3.8) is 0 Å². The van der Waals surface area contributed by atoms with Crippen LogP contribution in [0.15, 0.2) is 30.5 Å². The number of hydrogen-bond acceptors (Lipinski definition) is 2. The van der Waals surface area contributed by atoms with Crippen molar-refractivity contribution < 1.29 is 0 Å². The molecule has 1 aliphatic rings. The van der Waals surface area contributed by atoms with E-state index in [1.165, 1.54) is 0 Å². The Morgan fingerprint density at radius 3 is 3.27 bits per heavy atom. The molecule has 2 heteroatoms. The first-order valence-corrected chi connectivity index (χ1v) is 3.69. The van der Waals surface area contributed by atoms with Gasteiger partial charge in [-0.3, -0.25) is 4.98 Å². The van der Waals surface area contributed by atoms with Gasteiger partial charge in [-0.2, -0.15) is 0 Å². The van der Waals surface area contributed by atoms with Crippen LogP contribution in [0.3, 0.4) is 0 Å². The molecule has 2 nitrogen and oxygen atoms in total. The molecule has 0 aliphatic carbocycles. The Balaban J connectivity index is 2.23. The minimum Gasteiger partial charge on any atom is -0.302 e. The fourth-order valence-corrected chi connectivity index (χ4v) is 1.19. The third-order valence-corrected chi connectivity index (χ3v) is 1.74. The Kier molecular flexibility index (Phi) is 1.69. The summed E-state index contributed by atoms with van der Waals surface area (Å²) in [6, 6.07) is 7.07. The van der Waals surface area contributed by atoms with E-state index in [4.69, 9.17) is 0 Å². The summed E-state index contributed by atoms with van der Waals surface area (Å²) < 4.78 is 0. The largest absolute Gasteiger partial charge is 0.302 e. The summed E-state index contributed by atoms with van der Waals surface area (Å²) in [4.78, 5) is 4.19. The van der Waals surface area contributed by atoms with Gasteiger partial charge in [-0.1, -0.05) is 18.2 Å². The van der Waals surface area contributed by atoms with Gasteiger partial charge in [0.2, 0.25) is 0 Å². The van der Waals surface area contributed by atoms with Crippen molar-refractivity contribution in [2.45, 2.75) is 6.04 Å². The van der Waals surface area contributed by atoms with Gasteiger partial charge in [0.05, 0.1) is 11.7 Å². The highest BCUT2D eigenvalue weighted by Crippen LogP contribution is 2.13. The Labute approximate surface area is 66.0 Å². The number of aromatic nitrogens is 1. The van der Waals surface area contributed by atoms with Gasteiger partial charge in [0, 0.05) is 18.8 Å². The molecule has 0 aromatic carbocycles. The average molecular weight is 145 g/mol. The van der Waals surface area contributed by atoms with Crippen LogP contribution < -0.4 is 5.32 Å². The molecule has 0 fully saturated rings. The van der Waals surface area contributed by atoms with E-state index >= 15 is 0 Å². The van der Waals surface area contributed by atoms with Gasteiger partial charge in [0.25, 0.3) is 0 Å². The van der Waals surface area contributed by atoms with E-state index in [1.54, 1.807) is 6.20 Å². The van der Waals surface area contributed by atoms with Crippen molar-refractivity contribution in [2.24, 2.45) is 0 Å². The van der Waals surface area contributed by atoms with E-state index in [0.717, 1.165) is 12.2 Å². The Morgan fingerprint density at radius 1 is 1.64 bits per heavy atom. The van der Waals surface area contributed by atoms with Crippen LogP contribution in [0.2, 0.25) is 0 Å². The molecule has 11 heavy (non-hydrogen) atoms. The van der Waals surface area contributed by atoms with Crippen LogP contribution >= 0.6 is 0 Å².